The summed E-state index contributed by atoms with van der Waals surface area (Å²) < 4.78 is 3.12. The van der Waals surface area contributed by atoms with Gasteiger partial charge in [0.2, 0.25) is 5.16 Å². The lowest BCUT2D eigenvalue weighted by molar-refractivity contribution is 0.872. The Kier molecular flexibility index (Phi) is 4.46. The Morgan fingerprint density at radius 3 is 2.71 bits per heavy atom. The lowest BCUT2D eigenvalue weighted by Gasteiger charge is -2.12. The van der Waals surface area contributed by atoms with E-state index >= 15 is 0 Å². The molecule has 0 aliphatic carbocycles. The molecule has 24 heavy (non-hydrogen) atoms. The van der Waals surface area contributed by atoms with Gasteiger partial charge in [-0.2, -0.15) is 0 Å². The molecule has 0 atom stereocenters. The van der Waals surface area contributed by atoms with E-state index < -0.39 is 0 Å². The van der Waals surface area contributed by atoms with Crippen LogP contribution in [0.2, 0.25) is 0 Å². The van der Waals surface area contributed by atoms with E-state index in [0.29, 0.717) is 0 Å². The molecule has 3 heterocycles. The summed E-state index contributed by atoms with van der Waals surface area (Å²) in [7, 11) is 0. The Morgan fingerprint density at radius 1 is 1.04 bits per heavy atom. The molecule has 0 amide bonds. The number of aryl methyl sites for hydroxylation is 1. The smallest absolute Gasteiger partial charge is 0.203 e. The van der Waals surface area contributed by atoms with Gasteiger partial charge in [-0.3, -0.25) is 4.57 Å². The molecule has 4 rings (SSSR count). The quantitative estimate of drug-likeness (QED) is 0.486. The van der Waals surface area contributed by atoms with Crippen LogP contribution in [-0.4, -0.2) is 19.7 Å². The molecular weight excluding hydrogens is 356 g/mol. The van der Waals surface area contributed by atoms with E-state index in [9.17, 15) is 0 Å². The molecule has 120 valence electrons. The van der Waals surface area contributed by atoms with E-state index in [-0.39, 0.29) is 0 Å². The average molecular weight is 371 g/mol. The van der Waals surface area contributed by atoms with E-state index in [4.69, 9.17) is 0 Å². The molecule has 1 aromatic carbocycles. The molecule has 0 aliphatic heterocycles. The largest absolute Gasteiger partial charge is 0.269 e. The second-order valence-corrected chi connectivity index (χ2v) is 8.06. The molecule has 3 aromatic heterocycles. The van der Waals surface area contributed by atoms with E-state index in [2.05, 4.69) is 62.4 Å². The van der Waals surface area contributed by atoms with Gasteiger partial charge >= 0.3 is 0 Å². The standard InChI is InChI=1S/C17H14N4S3/c1-2-12-6-3-4-7-13(12)21-15(14-8-5-10-22-14)19-20-16(21)24-17-18-9-11-23-17/h3-11H,2H2,1H3. The summed E-state index contributed by atoms with van der Waals surface area (Å²) in [4.78, 5) is 5.47. The maximum atomic E-state index is 4.47. The highest BCUT2D eigenvalue weighted by Crippen LogP contribution is 2.35. The van der Waals surface area contributed by atoms with Crippen LogP contribution in [-0.2, 0) is 6.42 Å². The fourth-order valence-corrected chi connectivity index (χ4v) is 4.75. The van der Waals surface area contributed by atoms with Crippen molar-refractivity contribution < 1.29 is 0 Å². The number of aromatic nitrogens is 4. The maximum absolute atomic E-state index is 4.47. The summed E-state index contributed by atoms with van der Waals surface area (Å²) in [5.41, 5.74) is 2.41. The molecule has 0 saturated heterocycles. The molecule has 7 heteroatoms. The summed E-state index contributed by atoms with van der Waals surface area (Å²) in [5.74, 6) is 0.880. The predicted octanol–water partition coefficient (Wildman–Crippen LogP) is 5.17. The van der Waals surface area contributed by atoms with Gasteiger partial charge in [0.25, 0.3) is 0 Å². The summed E-state index contributed by atoms with van der Waals surface area (Å²) in [5, 5.41) is 13.8. The number of hydrogen-bond acceptors (Lipinski definition) is 6. The summed E-state index contributed by atoms with van der Waals surface area (Å²) in [6, 6.07) is 12.5. The topological polar surface area (TPSA) is 43.6 Å². The van der Waals surface area contributed by atoms with Gasteiger partial charge in [-0.05, 0) is 41.3 Å². The summed E-state index contributed by atoms with van der Waals surface area (Å²) >= 11 is 4.84. The number of para-hydroxylation sites is 1. The fraction of sp³-hybridized carbons (Fsp3) is 0.118. The monoisotopic (exact) mass is 370 g/mol. The van der Waals surface area contributed by atoms with E-state index in [1.165, 1.54) is 5.56 Å². The number of thiazole rings is 1. The first-order valence-electron chi connectivity index (χ1n) is 7.51. The molecule has 0 spiro atoms. The third kappa shape index (κ3) is 2.90. The van der Waals surface area contributed by atoms with Crippen LogP contribution in [0.15, 0.2) is 62.9 Å². The first-order chi connectivity index (χ1) is 11.9. The van der Waals surface area contributed by atoms with Crippen LogP contribution in [0.25, 0.3) is 16.4 Å². The van der Waals surface area contributed by atoms with Gasteiger partial charge in [0.05, 0.1) is 10.6 Å². The Bertz CT molecular complexity index is 927. The lowest BCUT2D eigenvalue weighted by atomic mass is 10.1. The highest BCUT2D eigenvalue weighted by atomic mass is 32.2. The molecule has 0 radical (unpaired) electrons. The molecular formula is C17H14N4S3. The highest BCUT2D eigenvalue weighted by molar-refractivity contribution is 8.00. The SMILES string of the molecule is CCc1ccccc1-n1c(Sc2nccs2)nnc1-c1cccs1. The van der Waals surface area contributed by atoms with Gasteiger partial charge in [0.15, 0.2) is 10.2 Å². The van der Waals surface area contributed by atoms with Crippen molar-refractivity contribution in [2.24, 2.45) is 0 Å². The van der Waals surface area contributed by atoms with Crippen LogP contribution >= 0.6 is 34.4 Å². The maximum Gasteiger partial charge on any atom is 0.203 e. The highest BCUT2D eigenvalue weighted by Gasteiger charge is 2.19. The second kappa shape index (κ2) is 6.88. The Balaban J connectivity index is 1.89. The van der Waals surface area contributed by atoms with Crippen LogP contribution < -0.4 is 0 Å². The number of hydrogen-bond donors (Lipinski definition) is 0. The van der Waals surface area contributed by atoms with Crippen LogP contribution in [0.3, 0.4) is 0 Å². The van der Waals surface area contributed by atoms with Crippen molar-refractivity contribution >= 4 is 34.4 Å². The van der Waals surface area contributed by atoms with Crippen molar-refractivity contribution in [3.8, 4) is 16.4 Å². The van der Waals surface area contributed by atoms with Crippen molar-refractivity contribution in [1.29, 1.82) is 0 Å². The first kappa shape index (κ1) is 15.6. The summed E-state index contributed by atoms with van der Waals surface area (Å²) in [6.07, 6.45) is 2.77. The predicted molar refractivity (Wildman–Crippen MR) is 100 cm³/mol. The van der Waals surface area contributed by atoms with Crippen molar-refractivity contribution in [3.63, 3.8) is 0 Å². The molecule has 0 saturated carbocycles. The zero-order valence-corrected chi connectivity index (χ0v) is 15.4. The lowest BCUT2D eigenvalue weighted by Crippen LogP contribution is -2.02. The molecule has 4 aromatic rings. The minimum absolute atomic E-state index is 0.842. The third-order valence-corrected chi connectivity index (χ3v) is 6.27. The fourth-order valence-electron chi connectivity index (χ4n) is 2.49. The van der Waals surface area contributed by atoms with Gasteiger partial charge in [0, 0.05) is 11.6 Å². The Hall–Kier alpha value is -1.96. The van der Waals surface area contributed by atoms with Gasteiger partial charge in [0.1, 0.15) is 0 Å². The molecule has 4 nitrogen and oxygen atoms in total. The number of rotatable bonds is 5. The van der Waals surface area contributed by atoms with Gasteiger partial charge in [-0.25, -0.2) is 4.98 Å². The Labute approximate surface area is 152 Å². The molecule has 0 N–H and O–H groups in total. The van der Waals surface area contributed by atoms with Gasteiger partial charge in [-0.1, -0.05) is 31.2 Å². The first-order valence-corrected chi connectivity index (χ1v) is 10.1. The molecule has 0 aliphatic rings. The Morgan fingerprint density at radius 2 is 1.96 bits per heavy atom. The number of thiophene rings is 1. The molecule has 0 fully saturated rings. The van der Waals surface area contributed by atoms with Crippen LogP contribution in [0.1, 0.15) is 12.5 Å². The van der Waals surface area contributed by atoms with Crippen LogP contribution in [0, 0.1) is 0 Å². The summed E-state index contributed by atoms with van der Waals surface area (Å²) in [6.45, 7) is 2.17. The average Bonchev–Trinajstić information content (AvgIpc) is 3.36. The zero-order valence-electron chi connectivity index (χ0n) is 12.9. The van der Waals surface area contributed by atoms with E-state index in [1.807, 2.05) is 17.6 Å². The minimum Gasteiger partial charge on any atom is -0.269 e. The van der Waals surface area contributed by atoms with E-state index in [1.54, 1.807) is 34.4 Å². The number of nitrogens with zero attached hydrogens (tertiary/aromatic N) is 4. The second-order valence-electron chi connectivity index (χ2n) is 5.00. The van der Waals surface area contributed by atoms with Crippen molar-refractivity contribution in [3.05, 3.63) is 58.9 Å². The van der Waals surface area contributed by atoms with Crippen molar-refractivity contribution in [1.82, 2.24) is 19.7 Å². The molecule has 0 unspecified atom stereocenters. The van der Waals surface area contributed by atoms with Gasteiger partial charge < -0.3 is 0 Å². The zero-order chi connectivity index (χ0) is 16.4. The minimum atomic E-state index is 0.842. The third-order valence-electron chi connectivity index (χ3n) is 3.58. The van der Waals surface area contributed by atoms with Crippen molar-refractivity contribution in [2.75, 3.05) is 0 Å². The van der Waals surface area contributed by atoms with E-state index in [0.717, 1.165) is 32.3 Å². The van der Waals surface area contributed by atoms with Crippen LogP contribution in [0.4, 0.5) is 0 Å². The van der Waals surface area contributed by atoms with Crippen LogP contribution in [0.5, 0.6) is 0 Å². The molecule has 0 bridgehead atoms. The van der Waals surface area contributed by atoms with Crippen molar-refractivity contribution in [2.45, 2.75) is 22.8 Å². The number of benzene rings is 1. The normalized spacial score (nSPS) is 11.0. The van der Waals surface area contributed by atoms with Gasteiger partial charge in [-0.15, -0.1) is 32.9 Å².